The first-order valence-electron chi connectivity index (χ1n) is 3.24. The highest BCUT2D eigenvalue weighted by Crippen LogP contribution is 2.00. The van der Waals surface area contributed by atoms with E-state index in [4.69, 9.17) is 4.43 Å². The molecular weight excluding hydrogens is 162 g/mol. The molecule has 0 aromatic heterocycles. The van der Waals surface area contributed by atoms with Crippen LogP contribution in [0.4, 0.5) is 0 Å². The number of hydrogen-bond acceptors (Lipinski definition) is 3. The van der Waals surface area contributed by atoms with Crippen molar-refractivity contribution in [3.05, 3.63) is 0 Å². The number of aliphatic imine (C=N–C) groups is 1. The Morgan fingerprint density at radius 2 is 2.10 bits per heavy atom. The van der Waals surface area contributed by atoms with Gasteiger partial charge in [0.15, 0.2) is 8.32 Å². The summed E-state index contributed by atoms with van der Waals surface area (Å²) in [4.78, 5) is 3.74. The molecule has 0 spiro atoms. The lowest BCUT2D eigenvalue weighted by molar-refractivity contribution is 0.323. The molecule has 0 unspecified atom stereocenters. The molecule has 0 heterocycles. The first kappa shape index (κ1) is 9.98. The molecule has 0 saturated carbocycles. The second-order valence-electron chi connectivity index (χ2n) is 2.93. The smallest absolute Gasteiger partial charge is 0.183 e. The summed E-state index contributed by atoms with van der Waals surface area (Å²) >= 11 is 4.40. The lowest BCUT2D eigenvalue weighted by Gasteiger charge is -2.15. The lowest BCUT2D eigenvalue weighted by Crippen LogP contribution is -2.26. The molecule has 0 aliphatic rings. The van der Waals surface area contributed by atoms with E-state index >= 15 is 0 Å². The van der Waals surface area contributed by atoms with E-state index in [1.807, 2.05) is 0 Å². The number of thiocarbonyl (C=S) groups is 1. The van der Waals surface area contributed by atoms with E-state index in [0.29, 0.717) is 13.2 Å². The van der Waals surface area contributed by atoms with Gasteiger partial charge in [0.2, 0.25) is 0 Å². The minimum atomic E-state index is -1.33. The molecule has 0 atom stereocenters. The molecule has 0 aliphatic carbocycles. The number of rotatable bonds is 4. The third-order valence-corrected chi connectivity index (χ3v) is 2.00. The monoisotopic (exact) mass is 175 g/mol. The second-order valence-corrected chi connectivity index (χ2v) is 7.63. The van der Waals surface area contributed by atoms with Crippen molar-refractivity contribution in [1.29, 1.82) is 0 Å². The Balaban J connectivity index is 3.28. The first-order valence-corrected chi connectivity index (χ1v) is 7.05. The zero-order chi connectivity index (χ0) is 8.04. The van der Waals surface area contributed by atoms with Crippen LogP contribution in [0.15, 0.2) is 4.99 Å². The highest BCUT2D eigenvalue weighted by atomic mass is 32.1. The lowest BCUT2D eigenvalue weighted by atomic mass is 10.7. The van der Waals surface area contributed by atoms with E-state index in [1.165, 1.54) is 0 Å². The van der Waals surface area contributed by atoms with Crippen LogP contribution in [0.5, 0.6) is 0 Å². The summed E-state index contributed by atoms with van der Waals surface area (Å²) in [6, 6.07) is 0. The molecule has 0 bridgehead atoms. The van der Waals surface area contributed by atoms with Crippen LogP contribution in [-0.4, -0.2) is 26.6 Å². The third kappa shape index (κ3) is 7.98. The average Bonchev–Trinajstić information content (AvgIpc) is 1.78. The van der Waals surface area contributed by atoms with Gasteiger partial charge >= 0.3 is 0 Å². The predicted octanol–water partition coefficient (Wildman–Crippen LogP) is 1.94. The number of isothiocyanates is 1. The van der Waals surface area contributed by atoms with E-state index in [0.717, 1.165) is 0 Å². The molecule has 0 saturated heterocycles. The number of nitrogens with zero attached hydrogens (tertiary/aromatic N) is 1. The van der Waals surface area contributed by atoms with Gasteiger partial charge in [0, 0.05) is 0 Å². The van der Waals surface area contributed by atoms with E-state index in [2.05, 4.69) is 42.0 Å². The van der Waals surface area contributed by atoms with Gasteiger partial charge in [-0.2, -0.15) is 0 Å². The minimum Gasteiger partial charge on any atom is -0.416 e. The fourth-order valence-electron chi connectivity index (χ4n) is 0.443. The fraction of sp³-hybridized carbons (Fsp3) is 0.833. The van der Waals surface area contributed by atoms with Gasteiger partial charge < -0.3 is 4.43 Å². The maximum atomic E-state index is 5.49. The van der Waals surface area contributed by atoms with Crippen LogP contribution < -0.4 is 0 Å². The Hall–Kier alpha value is -0.0231. The highest BCUT2D eigenvalue weighted by Gasteiger charge is 2.12. The predicted molar refractivity (Wildman–Crippen MR) is 49.2 cm³/mol. The van der Waals surface area contributed by atoms with Crippen LogP contribution in [0.2, 0.25) is 19.6 Å². The van der Waals surface area contributed by atoms with Crippen molar-refractivity contribution in [1.82, 2.24) is 0 Å². The molecule has 0 aliphatic heterocycles. The quantitative estimate of drug-likeness (QED) is 0.282. The first-order chi connectivity index (χ1) is 4.56. The zero-order valence-corrected chi connectivity index (χ0v) is 8.49. The van der Waals surface area contributed by atoms with Gasteiger partial charge in [-0.1, -0.05) is 0 Å². The summed E-state index contributed by atoms with van der Waals surface area (Å²) in [6.07, 6.45) is 0. The maximum Gasteiger partial charge on any atom is 0.183 e. The molecule has 0 fully saturated rings. The summed E-state index contributed by atoms with van der Waals surface area (Å²) < 4.78 is 5.49. The highest BCUT2D eigenvalue weighted by molar-refractivity contribution is 7.78. The summed E-state index contributed by atoms with van der Waals surface area (Å²) in [7, 11) is -1.33. The molecule has 10 heavy (non-hydrogen) atoms. The van der Waals surface area contributed by atoms with E-state index in [-0.39, 0.29) is 0 Å². The zero-order valence-electron chi connectivity index (χ0n) is 6.68. The fourth-order valence-corrected chi connectivity index (χ4v) is 1.24. The van der Waals surface area contributed by atoms with Crippen molar-refractivity contribution in [2.75, 3.05) is 13.2 Å². The SMILES string of the molecule is C[Si](C)(C)OCCN=C=S. The second kappa shape index (κ2) is 4.74. The summed E-state index contributed by atoms with van der Waals surface area (Å²) in [5.41, 5.74) is 0. The Kier molecular flexibility index (Phi) is 4.73. The molecule has 0 aromatic rings. The molecule has 0 amide bonds. The van der Waals surface area contributed by atoms with Gasteiger partial charge in [0.05, 0.1) is 18.3 Å². The standard InChI is InChI=1S/C6H13NOSSi/c1-10(2,3)8-5-4-7-6-9/h4-5H2,1-3H3. The summed E-state index contributed by atoms with van der Waals surface area (Å²) in [6.45, 7) is 7.77. The van der Waals surface area contributed by atoms with Crippen LogP contribution in [0.25, 0.3) is 0 Å². The van der Waals surface area contributed by atoms with Gasteiger partial charge in [-0.25, -0.2) is 4.99 Å². The molecule has 0 aromatic carbocycles. The largest absolute Gasteiger partial charge is 0.416 e. The topological polar surface area (TPSA) is 21.6 Å². The van der Waals surface area contributed by atoms with Crippen molar-refractivity contribution < 1.29 is 4.43 Å². The van der Waals surface area contributed by atoms with Crippen molar-refractivity contribution >= 4 is 25.7 Å². The van der Waals surface area contributed by atoms with Crippen molar-refractivity contribution in [3.8, 4) is 0 Å². The average molecular weight is 175 g/mol. The third-order valence-electron chi connectivity index (χ3n) is 0.803. The van der Waals surface area contributed by atoms with Gasteiger partial charge in [0.25, 0.3) is 0 Å². The van der Waals surface area contributed by atoms with Crippen LogP contribution in [0, 0.1) is 0 Å². The maximum absolute atomic E-state index is 5.49. The summed E-state index contributed by atoms with van der Waals surface area (Å²) in [5, 5.41) is 2.30. The Morgan fingerprint density at radius 1 is 1.50 bits per heavy atom. The van der Waals surface area contributed by atoms with E-state index in [1.54, 1.807) is 0 Å². The van der Waals surface area contributed by atoms with Crippen LogP contribution >= 0.6 is 12.2 Å². The van der Waals surface area contributed by atoms with E-state index in [9.17, 15) is 0 Å². The van der Waals surface area contributed by atoms with Gasteiger partial charge in [-0.05, 0) is 31.9 Å². The van der Waals surface area contributed by atoms with Crippen LogP contribution in [0.3, 0.4) is 0 Å². The van der Waals surface area contributed by atoms with Crippen molar-refractivity contribution in [2.24, 2.45) is 4.99 Å². The van der Waals surface area contributed by atoms with Gasteiger partial charge in [0.1, 0.15) is 0 Å². The van der Waals surface area contributed by atoms with Crippen molar-refractivity contribution in [3.63, 3.8) is 0 Å². The molecule has 0 rings (SSSR count). The van der Waals surface area contributed by atoms with Crippen LogP contribution in [0.1, 0.15) is 0 Å². The Bertz CT molecular complexity index is 137. The Labute approximate surface area is 68.4 Å². The van der Waals surface area contributed by atoms with Crippen molar-refractivity contribution in [2.45, 2.75) is 19.6 Å². The molecule has 58 valence electrons. The summed E-state index contributed by atoms with van der Waals surface area (Å²) in [5.74, 6) is 0. The van der Waals surface area contributed by atoms with Gasteiger partial charge in [-0.3, -0.25) is 0 Å². The molecule has 2 nitrogen and oxygen atoms in total. The molecule has 4 heteroatoms. The van der Waals surface area contributed by atoms with Crippen LogP contribution in [-0.2, 0) is 4.43 Å². The number of hydrogen-bond donors (Lipinski definition) is 0. The normalized spacial score (nSPS) is 10.7. The molecule has 0 N–H and O–H groups in total. The molecule has 0 radical (unpaired) electrons. The minimum absolute atomic E-state index is 0.647. The Morgan fingerprint density at radius 3 is 2.50 bits per heavy atom. The molecular formula is C6H13NOSSi. The van der Waals surface area contributed by atoms with E-state index < -0.39 is 8.32 Å². The van der Waals surface area contributed by atoms with Gasteiger partial charge in [-0.15, -0.1) is 0 Å².